The second-order valence-electron chi connectivity index (χ2n) is 8.21. The number of fused-ring (bicyclic) bond motifs is 3. The number of benzene rings is 3. The Balaban J connectivity index is 1.96. The summed E-state index contributed by atoms with van der Waals surface area (Å²) in [5.41, 5.74) is 9.29. The SMILES string of the molecule is [C-]#[N+]c1c(C)cc2c([se]c3c(-c4cc(C)cc[n+]4C)c(C)ccc32)c1-c1ccccc1. The molecule has 0 aliphatic heterocycles. The Bertz CT molecular complexity index is 1520. The molecule has 3 aromatic carbocycles. The van der Waals surface area contributed by atoms with Crippen LogP contribution in [0.25, 0.3) is 46.5 Å². The number of aryl methyl sites for hydroxylation is 4. The van der Waals surface area contributed by atoms with Gasteiger partial charge < -0.3 is 0 Å². The summed E-state index contributed by atoms with van der Waals surface area (Å²) in [7, 11) is 2.12. The first-order chi connectivity index (χ1) is 15.0. The summed E-state index contributed by atoms with van der Waals surface area (Å²) in [6, 6.07) is 21.6. The zero-order chi connectivity index (χ0) is 21.7. The minimum atomic E-state index is 0.126. The standard InChI is InChI=1S/C28H23N2Se/c1-17-13-14-30(5)23(15-17)24-18(2)11-12-21-22-16-19(3)26(29-4)25(28(22)31-27(21)24)20-9-7-6-8-10-20/h6-16H,1-3,5H3/q+1. The van der Waals surface area contributed by atoms with E-state index in [-0.39, 0.29) is 14.5 Å². The van der Waals surface area contributed by atoms with E-state index >= 15 is 0 Å². The van der Waals surface area contributed by atoms with E-state index in [1.165, 1.54) is 41.7 Å². The molecule has 0 fully saturated rings. The quantitative estimate of drug-likeness (QED) is 0.156. The second-order valence-corrected chi connectivity index (χ2v) is 10.3. The van der Waals surface area contributed by atoms with Gasteiger partial charge in [0.05, 0.1) is 0 Å². The van der Waals surface area contributed by atoms with Crippen LogP contribution in [-0.4, -0.2) is 14.5 Å². The molecular weight excluding hydrogens is 443 g/mol. The van der Waals surface area contributed by atoms with Crippen molar-refractivity contribution in [2.75, 3.05) is 0 Å². The number of pyridine rings is 1. The van der Waals surface area contributed by atoms with Gasteiger partial charge in [-0.25, -0.2) is 0 Å². The van der Waals surface area contributed by atoms with Gasteiger partial charge >= 0.3 is 189 Å². The maximum atomic E-state index is 7.89. The Morgan fingerprint density at radius 1 is 0.806 bits per heavy atom. The van der Waals surface area contributed by atoms with Gasteiger partial charge in [-0.3, -0.25) is 0 Å². The molecule has 31 heavy (non-hydrogen) atoms. The summed E-state index contributed by atoms with van der Waals surface area (Å²) in [5, 5.41) is 2.63. The molecule has 0 amide bonds. The molecule has 5 rings (SSSR count). The third kappa shape index (κ3) is 3.12. The average molecular weight is 466 g/mol. The zero-order valence-corrected chi connectivity index (χ0v) is 19.9. The van der Waals surface area contributed by atoms with Crippen molar-refractivity contribution in [3.05, 3.63) is 95.0 Å². The van der Waals surface area contributed by atoms with E-state index in [2.05, 4.69) is 98.0 Å². The topological polar surface area (TPSA) is 8.24 Å². The first-order valence-electron chi connectivity index (χ1n) is 10.4. The molecule has 150 valence electrons. The van der Waals surface area contributed by atoms with Gasteiger partial charge in [0.25, 0.3) is 0 Å². The molecule has 0 saturated carbocycles. The molecule has 0 radical (unpaired) electrons. The Morgan fingerprint density at radius 2 is 1.55 bits per heavy atom. The molecule has 0 saturated heterocycles. The minimum absolute atomic E-state index is 0.126. The van der Waals surface area contributed by atoms with Gasteiger partial charge in [-0.1, -0.05) is 0 Å². The van der Waals surface area contributed by atoms with Crippen molar-refractivity contribution in [3.63, 3.8) is 0 Å². The van der Waals surface area contributed by atoms with Crippen molar-refractivity contribution in [3.8, 4) is 22.4 Å². The van der Waals surface area contributed by atoms with Gasteiger partial charge in [-0.2, -0.15) is 0 Å². The molecule has 2 nitrogen and oxygen atoms in total. The molecule has 0 N–H and O–H groups in total. The van der Waals surface area contributed by atoms with E-state index in [1.807, 2.05) is 6.07 Å². The van der Waals surface area contributed by atoms with Crippen molar-refractivity contribution >= 4 is 39.5 Å². The van der Waals surface area contributed by atoms with Crippen LogP contribution in [0.1, 0.15) is 16.7 Å². The van der Waals surface area contributed by atoms with E-state index in [9.17, 15) is 0 Å². The van der Waals surface area contributed by atoms with Crippen molar-refractivity contribution in [2.24, 2.45) is 7.05 Å². The van der Waals surface area contributed by atoms with Crippen molar-refractivity contribution in [2.45, 2.75) is 20.8 Å². The van der Waals surface area contributed by atoms with Crippen LogP contribution in [0, 0.1) is 27.3 Å². The number of hydrogen-bond donors (Lipinski definition) is 0. The second kappa shape index (κ2) is 7.50. The molecular formula is C28H23N2Se+. The number of aromatic nitrogens is 1. The molecule has 0 bridgehead atoms. The summed E-state index contributed by atoms with van der Waals surface area (Å²) < 4.78 is 5.00. The molecule has 0 unspecified atom stereocenters. The fraction of sp³-hybridized carbons (Fsp3) is 0.143. The normalized spacial score (nSPS) is 11.2. The number of rotatable bonds is 2. The van der Waals surface area contributed by atoms with E-state index < -0.39 is 0 Å². The van der Waals surface area contributed by atoms with Crippen LogP contribution in [-0.2, 0) is 7.05 Å². The third-order valence-electron chi connectivity index (χ3n) is 6.04. The van der Waals surface area contributed by atoms with E-state index in [4.69, 9.17) is 6.57 Å². The molecule has 2 heterocycles. The van der Waals surface area contributed by atoms with Crippen LogP contribution >= 0.6 is 0 Å². The molecule has 0 atom stereocenters. The molecule has 0 spiro atoms. The number of nitrogens with zero attached hydrogens (tertiary/aromatic N) is 2. The van der Waals surface area contributed by atoms with Gasteiger partial charge in [-0.05, 0) is 0 Å². The molecule has 3 heteroatoms. The monoisotopic (exact) mass is 467 g/mol. The third-order valence-corrected chi connectivity index (χ3v) is 8.67. The number of hydrogen-bond acceptors (Lipinski definition) is 0. The van der Waals surface area contributed by atoms with Gasteiger partial charge in [0.15, 0.2) is 0 Å². The molecule has 0 aliphatic carbocycles. The van der Waals surface area contributed by atoms with Crippen LogP contribution in [0.15, 0.2) is 66.9 Å². The van der Waals surface area contributed by atoms with Gasteiger partial charge in [-0.15, -0.1) is 0 Å². The van der Waals surface area contributed by atoms with Crippen LogP contribution in [0.3, 0.4) is 0 Å². The van der Waals surface area contributed by atoms with E-state index in [1.54, 1.807) is 0 Å². The predicted octanol–water partition coefficient (Wildman–Crippen LogP) is 6.68. The Labute approximate surface area is 189 Å². The Hall–Kier alpha value is -3.18. The Kier molecular flexibility index (Phi) is 4.78. The average Bonchev–Trinajstić information content (AvgIpc) is 3.13. The molecule has 5 aromatic rings. The molecule has 0 aliphatic rings. The van der Waals surface area contributed by atoms with Crippen LogP contribution in [0.5, 0.6) is 0 Å². The Morgan fingerprint density at radius 3 is 2.29 bits per heavy atom. The van der Waals surface area contributed by atoms with Gasteiger partial charge in [0, 0.05) is 0 Å². The van der Waals surface area contributed by atoms with Crippen LogP contribution in [0.2, 0.25) is 0 Å². The van der Waals surface area contributed by atoms with E-state index in [0.29, 0.717) is 0 Å². The summed E-state index contributed by atoms with van der Waals surface area (Å²) in [4.78, 5) is 3.97. The zero-order valence-electron chi connectivity index (χ0n) is 18.2. The maximum absolute atomic E-state index is 7.89. The van der Waals surface area contributed by atoms with Crippen molar-refractivity contribution in [1.82, 2.24) is 0 Å². The fourth-order valence-corrected chi connectivity index (χ4v) is 7.51. The summed E-state index contributed by atoms with van der Waals surface area (Å²) in [6.07, 6.45) is 2.15. The summed E-state index contributed by atoms with van der Waals surface area (Å²) in [6.45, 7) is 14.3. The fourth-order valence-electron chi connectivity index (χ4n) is 4.46. The van der Waals surface area contributed by atoms with Gasteiger partial charge in [0.1, 0.15) is 0 Å². The first kappa shape index (κ1) is 19.8. The van der Waals surface area contributed by atoms with Crippen LogP contribution in [0.4, 0.5) is 5.69 Å². The predicted molar refractivity (Wildman–Crippen MR) is 131 cm³/mol. The first-order valence-corrected chi connectivity index (χ1v) is 12.1. The van der Waals surface area contributed by atoms with Crippen molar-refractivity contribution in [1.29, 1.82) is 0 Å². The molecule has 2 aromatic heterocycles. The summed E-state index contributed by atoms with van der Waals surface area (Å²) in [5.74, 6) is 0. The van der Waals surface area contributed by atoms with Gasteiger partial charge in [0.2, 0.25) is 0 Å². The van der Waals surface area contributed by atoms with E-state index in [0.717, 1.165) is 22.4 Å². The summed E-state index contributed by atoms with van der Waals surface area (Å²) >= 11 is 0.126. The van der Waals surface area contributed by atoms with Crippen LogP contribution < -0.4 is 4.57 Å². The van der Waals surface area contributed by atoms with Crippen molar-refractivity contribution < 1.29 is 4.57 Å².